The fourth-order valence-corrected chi connectivity index (χ4v) is 3.65. The van der Waals surface area contributed by atoms with Crippen molar-refractivity contribution in [1.82, 2.24) is 9.97 Å². The van der Waals surface area contributed by atoms with Crippen molar-refractivity contribution in [3.8, 4) is 56.9 Å². The Kier molecular flexibility index (Phi) is 14.1. The fourth-order valence-electron chi connectivity index (χ4n) is 3.65. The molecule has 0 spiro atoms. The normalized spacial score (nSPS) is 9.46. The van der Waals surface area contributed by atoms with Crippen molar-refractivity contribution in [2.45, 2.75) is 6.42 Å². The van der Waals surface area contributed by atoms with E-state index in [1.807, 2.05) is 42.5 Å². The van der Waals surface area contributed by atoms with E-state index in [2.05, 4.69) is 6.58 Å². The molecule has 4 aromatic rings. The zero-order valence-electron chi connectivity index (χ0n) is 20.0. The SMILES string of the molecule is C=CCc1cc(OC)c(O)c(-c2cccc(-c3cccc(-c4cccc(OC)c4O)n3)n2)c1.[Cl-].[Cl-].[Cl-].[Mn+3]. The molecule has 0 aliphatic rings. The Labute approximate surface area is 245 Å². The van der Waals surface area contributed by atoms with Crippen molar-refractivity contribution in [1.29, 1.82) is 0 Å². The van der Waals surface area contributed by atoms with E-state index in [1.54, 1.807) is 30.3 Å². The summed E-state index contributed by atoms with van der Waals surface area (Å²) in [6.45, 7) is 3.79. The molecule has 4 rings (SSSR count). The summed E-state index contributed by atoms with van der Waals surface area (Å²) in [5.74, 6) is 0.814. The van der Waals surface area contributed by atoms with Gasteiger partial charge in [-0.05, 0) is 60.5 Å². The molecule has 6 nitrogen and oxygen atoms in total. The molecular weight excluding hydrogens is 578 g/mol. The Balaban J connectivity index is 0.00000324. The predicted molar refractivity (Wildman–Crippen MR) is 129 cm³/mol. The van der Waals surface area contributed by atoms with Crippen LogP contribution in [-0.4, -0.2) is 34.4 Å². The van der Waals surface area contributed by atoms with Crippen LogP contribution in [0.25, 0.3) is 33.9 Å². The molecule has 10 heteroatoms. The average molecular weight is 602 g/mol. The number of hydrogen-bond acceptors (Lipinski definition) is 6. The first-order valence-corrected chi connectivity index (χ1v) is 10.4. The quantitative estimate of drug-likeness (QED) is 0.170. The van der Waals surface area contributed by atoms with Crippen LogP contribution in [0.1, 0.15) is 5.56 Å². The zero-order chi connectivity index (χ0) is 23.4. The van der Waals surface area contributed by atoms with Crippen molar-refractivity contribution in [3.63, 3.8) is 0 Å². The van der Waals surface area contributed by atoms with Gasteiger partial charge >= 0.3 is 17.1 Å². The molecule has 0 bridgehead atoms. The number of benzene rings is 2. The van der Waals surface area contributed by atoms with E-state index >= 15 is 0 Å². The number of para-hydroxylation sites is 1. The second kappa shape index (κ2) is 15.4. The van der Waals surface area contributed by atoms with Crippen molar-refractivity contribution >= 4 is 0 Å². The van der Waals surface area contributed by atoms with E-state index in [0.29, 0.717) is 51.8 Å². The second-order valence-corrected chi connectivity index (χ2v) is 7.36. The molecule has 0 aliphatic carbocycles. The molecule has 0 fully saturated rings. The van der Waals surface area contributed by atoms with Gasteiger partial charge < -0.3 is 56.9 Å². The van der Waals surface area contributed by atoms with Gasteiger partial charge in [0, 0.05) is 11.1 Å². The van der Waals surface area contributed by atoms with E-state index in [9.17, 15) is 10.2 Å². The van der Waals surface area contributed by atoms with E-state index < -0.39 is 0 Å². The molecule has 2 heterocycles. The van der Waals surface area contributed by atoms with Crippen molar-refractivity contribution in [2.75, 3.05) is 14.2 Å². The van der Waals surface area contributed by atoms with Gasteiger partial charge in [0.25, 0.3) is 0 Å². The van der Waals surface area contributed by atoms with Crippen LogP contribution < -0.4 is 46.7 Å². The minimum absolute atomic E-state index is 0. The summed E-state index contributed by atoms with van der Waals surface area (Å²) in [4.78, 5) is 9.46. The summed E-state index contributed by atoms with van der Waals surface area (Å²) in [6, 6.07) is 20.0. The summed E-state index contributed by atoms with van der Waals surface area (Å²) >= 11 is 0. The molecule has 2 aromatic heterocycles. The van der Waals surface area contributed by atoms with Gasteiger partial charge in [-0.15, -0.1) is 6.58 Å². The van der Waals surface area contributed by atoms with Crippen LogP contribution >= 0.6 is 0 Å². The van der Waals surface area contributed by atoms with E-state index in [4.69, 9.17) is 19.4 Å². The maximum Gasteiger partial charge on any atom is 3.00 e. The number of phenols is 2. The van der Waals surface area contributed by atoms with Crippen molar-refractivity contribution in [2.24, 2.45) is 0 Å². The molecule has 2 N–H and O–H groups in total. The Morgan fingerprint density at radius 3 is 1.73 bits per heavy atom. The number of aromatic nitrogens is 2. The number of aromatic hydroxyl groups is 2. The number of phenolic OH excluding ortho intramolecular Hbond substituents is 2. The summed E-state index contributed by atoms with van der Waals surface area (Å²) in [5.41, 5.74) is 4.52. The number of allylic oxidation sites excluding steroid dienone is 1. The van der Waals surface area contributed by atoms with Gasteiger partial charge in [-0.3, -0.25) is 0 Å². The Hall–Kier alpha value is -2.93. The van der Waals surface area contributed by atoms with Gasteiger partial charge in [-0.2, -0.15) is 0 Å². The topological polar surface area (TPSA) is 84.7 Å². The summed E-state index contributed by atoms with van der Waals surface area (Å²) in [5, 5.41) is 21.2. The summed E-state index contributed by atoms with van der Waals surface area (Å²) in [7, 11) is 3.02. The molecule has 0 saturated carbocycles. The Morgan fingerprint density at radius 1 is 0.703 bits per heavy atom. The third kappa shape index (κ3) is 7.31. The zero-order valence-corrected chi connectivity index (χ0v) is 23.4. The minimum atomic E-state index is 0. The number of hydrogen-bond donors (Lipinski definition) is 2. The Bertz CT molecular complexity index is 1340. The number of ether oxygens (including phenoxy) is 2. The third-order valence-electron chi connectivity index (χ3n) is 5.27. The van der Waals surface area contributed by atoms with Crippen molar-refractivity contribution < 1.29 is 74.0 Å². The second-order valence-electron chi connectivity index (χ2n) is 7.36. The molecule has 37 heavy (non-hydrogen) atoms. The van der Waals surface area contributed by atoms with Crippen LogP contribution in [0.4, 0.5) is 0 Å². The van der Waals surface area contributed by atoms with Gasteiger partial charge in [0.15, 0.2) is 23.0 Å². The first kappa shape index (κ1) is 34.1. The van der Waals surface area contributed by atoms with Gasteiger partial charge in [-0.1, -0.05) is 24.3 Å². The van der Waals surface area contributed by atoms with Crippen LogP contribution in [-0.2, 0) is 23.5 Å². The molecule has 0 amide bonds. The molecule has 0 unspecified atom stereocenters. The molecular formula is C27H24Cl3MnN2O4. The monoisotopic (exact) mass is 600 g/mol. The average Bonchev–Trinajstić information content (AvgIpc) is 2.85. The molecule has 0 radical (unpaired) electrons. The molecule has 0 saturated heterocycles. The predicted octanol–water partition coefficient (Wildman–Crippen LogP) is -3.36. The Morgan fingerprint density at radius 2 is 1.19 bits per heavy atom. The molecule has 2 aromatic carbocycles. The van der Waals surface area contributed by atoms with Crippen LogP contribution in [0.5, 0.6) is 23.0 Å². The van der Waals surface area contributed by atoms with E-state index in [1.165, 1.54) is 14.2 Å². The van der Waals surface area contributed by atoms with Gasteiger partial charge in [-0.25, -0.2) is 9.97 Å². The van der Waals surface area contributed by atoms with Gasteiger partial charge in [0.05, 0.1) is 37.0 Å². The van der Waals surface area contributed by atoms with Gasteiger partial charge in [0.1, 0.15) is 0 Å². The third-order valence-corrected chi connectivity index (χ3v) is 5.27. The van der Waals surface area contributed by atoms with Crippen LogP contribution in [0.15, 0.2) is 79.4 Å². The minimum Gasteiger partial charge on any atom is -1.00 e. The van der Waals surface area contributed by atoms with Crippen molar-refractivity contribution in [3.05, 3.63) is 84.9 Å². The maximum absolute atomic E-state index is 10.7. The molecule has 194 valence electrons. The standard InChI is InChI=1S/C27H24N2O4.3ClH.Mn/c1-4-8-17-15-19(27(31)25(16-17)33-3)21-11-7-13-23(29-21)22-12-6-10-20(28-22)18-9-5-14-24(32-2)26(18)30;;;;/h4-7,9-16,30-31H,1,8H2,2-3H3;3*1H;/q;;;;+3/p-3. The van der Waals surface area contributed by atoms with Crippen LogP contribution in [0.3, 0.4) is 0 Å². The number of pyridine rings is 2. The first-order valence-electron chi connectivity index (χ1n) is 10.4. The van der Waals surface area contributed by atoms with Crippen LogP contribution in [0.2, 0.25) is 0 Å². The summed E-state index contributed by atoms with van der Waals surface area (Å²) in [6.07, 6.45) is 2.43. The number of nitrogens with zero attached hydrogens (tertiary/aromatic N) is 2. The van der Waals surface area contributed by atoms with Crippen LogP contribution in [0, 0.1) is 0 Å². The first-order chi connectivity index (χ1) is 16.0. The largest absolute Gasteiger partial charge is 3.00 e. The smallest absolute Gasteiger partial charge is 1.00 e. The molecule has 0 atom stereocenters. The maximum atomic E-state index is 10.7. The molecule has 0 aliphatic heterocycles. The van der Waals surface area contributed by atoms with E-state index in [0.717, 1.165) is 5.56 Å². The van der Waals surface area contributed by atoms with Gasteiger partial charge in [0.2, 0.25) is 0 Å². The number of halogens is 3. The summed E-state index contributed by atoms with van der Waals surface area (Å²) < 4.78 is 10.6. The van der Waals surface area contributed by atoms with E-state index in [-0.39, 0.29) is 65.8 Å². The number of rotatable bonds is 7. The fraction of sp³-hybridized carbons (Fsp3) is 0.111. The number of methoxy groups -OCH3 is 2.